The van der Waals surface area contributed by atoms with Gasteiger partial charge in [-0.05, 0) is 47.0 Å². The highest BCUT2D eigenvalue weighted by Crippen LogP contribution is 2.65. The molecule has 1 fully saturated rings. The van der Waals surface area contributed by atoms with Crippen molar-refractivity contribution >= 4 is 0 Å². The van der Waals surface area contributed by atoms with E-state index in [-0.39, 0.29) is 0 Å². The van der Waals surface area contributed by atoms with Crippen molar-refractivity contribution in [3.8, 4) is 40.5 Å². The first-order valence-electron chi connectivity index (χ1n) is 11.1. The molecule has 0 N–H and O–H groups in total. The van der Waals surface area contributed by atoms with E-state index in [2.05, 4.69) is 41.3 Å². The van der Waals surface area contributed by atoms with Crippen LogP contribution in [-0.2, 0) is 5.54 Å². The van der Waals surface area contributed by atoms with E-state index >= 15 is 0 Å². The molecule has 0 aromatic heterocycles. The molecule has 0 saturated carbocycles. The Morgan fingerprint density at radius 3 is 1.76 bits per heavy atom. The summed E-state index contributed by atoms with van der Waals surface area (Å²) in [4.78, 5) is 2.19. The van der Waals surface area contributed by atoms with Gasteiger partial charge in [0.15, 0.2) is 16.9 Å². The Morgan fingerprint density at radius 2 is 1.32 bits per heavy atom. The van der Waals surface area contributed by atoms with Crippen LogP contribution in [0.2, 0.25) is 0 Å². The lowest BCUT2D eigenvalue weighted by Crippen LogP contribution is -2.39. The summed E-state index contributed by atoms with van der Waals surface area (Å²) in [6, 6.07) is 24.5. The molecule has 0 bridgehead atoms. The number of likely N-dealkylation sites (tertiary alicyclic amines) is 1. The van der Waals surface area contributed by atoms with Gasteiger partial charge in [0.1, 0.15) is 0 Å². The maximum atomic E-state index is 10.5. The summed E-state index contributed by atoms with van der Waals surface area (Å²) in [5, 5.41) is 20.9. The molecule has 6 heteroatoms. The average molecular weight is 452 g/mol. The topological polar surface area (TPSA) is 78.5 Å². The molecule has 1 spiro atoms. The van der Waals surface area contributed by atoms with Gasteiger partial charge in [-0.3, -0.25) is 4.90 Å². The minimum absolute atomic E-state index is 0.346. The van der Waals surface area contributed by atoms with Gasteiger partial charge in [-0.1, -0.05) is 48.5 Å². The molecule has 0 unspecified atom stereocenters. The Morgan fingerprint density at radius 1 is 0.824 bits per heavy atom. The predicted molar refractivity (Wildman–Crippen MR) is 128 cm³/mol. The molecule has 170 valence electrons. The Labute approximate surface area is 199 Å². The van der Waals surface area contributed by atoms with Crippen LogP contribution in [0.4, 0.5) is 0 Å². The molecule has 1 atom stereocenters. The molecular weight excluding hydrogens is 426 g/mol. The highest BCUT2D eigenvalue weighted by molar-refractivity contribution is 5.81. The molecule has 1 heterocycles. The van der Waals surface area contributed by atoms with E-state index in [4.69, 9.17) is 14.2 Å². The van der Waals surface area contributed by atoms with Crippen LogP contribution in [-0.4, -0.2) is 33.3 Å². The fourth-order valence-electron chi connectivity index (χ4n) is 6.04. The Bertz CT molecular complexity index is 1280. The van der Waals surface area contributed by atoms with Crippen LogP contribution < -0.4 is 14.2 Å². The molecule has 1 aliphatic heterocycles. The van der Waals surface area contributed by atoms with Crippen molar-refractivity contribution in [1.82, 2.24) is 4.90 Å². The molecule has 34 heavy (non-hydrogen) atoms. The van der Waals surface area contributed by atoms with Crippen LogP contribution in [0.15, 0.2) is 60.7 Å². The monoisotopic (exact) mass is 451 g/mol. The van der Waals surface area contributed by atoms with Crippen molar-refractivity contribution < 1.29 is 14.2 Å². The third kappa shape index (κ3) is 2.64. The van der Waals surface area contributed by atoms with Crippen LogP contribution in [0.3, 0.4) is 0 Å². The predicted octanol–water partition coefficient (Wildman–Crippen LogP) is 5.05. The first-order valence-corrected chi connectivity index (χ1v) is 11.1. The molecule has 6 nitrogen and oxygen atoms in total. The van der Waals surface area contributed by atoms with E-state index in [1.165, 1.54) is 0 Å². The van der Waals surface area contributed by atoms with Crippen molar-refractivity contribution in [3.05, 3.63) is 77.4 Å². The molecule has 0 amide bonds. The Balaban J connectivity index is 1.80. The number of nitriles is 2. The van der Waals surface area contributed by atoms with E-state index in [0.29, 0.717) is 23.7 Å². The van der Waals surface area contributed by atoms with Gasteiger partial charge in [-0.15, -0.1) is 0 Å². The molecular formula is C28H25N3O3. The lowest BCUT2D eigenvalue weighted by atomic mass is 9.74. The minimum Gasteiger partial charge on any atom is -0.493 e. The van der Waals surface area contributed by atoms with Gasteiger partial charge in [0, 0.05) is 6.42 Å². The first-order chi connectivity index (χ1) is 16.5. The van der Waals surface area contributed by atoms with E-state index in [1.807, 2.05) is 43.4 Å². The number of benzene rings is 3. The van der Waals surface area contributed by atoms with Gasteiger partial charge in [0.2, 0.25) is 5.75 Å². The summed E-state index contributed by atoms with van der Waals surface area (Å²) < 4.78 is 16.7. The number of fused-ring (bicyclic) bond motifs is 5. The maximum absolute atomic E-state index is 10.5. The molecule has 3 aromatic rings. The zero-order valence-electron chi connectivity index (χ0n) is 19.6. The summed E-state index contributed by atoms with van der Waals surface area (Å²) in [5.74, 6) is 1.45. The van der Waals surface area contributed by atoms with E-state index in [0.717, 1.165) is 27.8 Å². The highest BCUT2D eigenvalue weighted by atomic mass is 16.5. The molecule has 0 radical (unpaired) electrons. The standard InChI is InChI=1S/C28H25N3O3/c1-31-26(18-13-23(32-2)25(34-4)24(14-18)33-3)27(16-29,17-30)15-28(31)21-11-7-5-9-19(21)20-10-6-8-12-22(20)28/h5-14,26H,15H2,1-4H3/t26-/m1/s1. The third-order valence-electron chi connectivity index (χ3n) is 7.43. The Hall–Kier alpha value is -4.00. The SMILES string of the molecule is COc1cc([C@H]2N(C)C3(CC2(C#N)C#N)c2ccccc2-c2ccccc23)cc(OC)c1OC. The van der Waals surface area contributed by atoms with Crippen molar-refractivity contribution in [2.24, 2.45) is 5.41 Å². The van der Waals surface area contributed by atoms with E-state index < -0.39 is 17.0 Å². The lowest BCUT2D eigenvalue weighted by Gasteiger charge is -2.37. The molecule has 1 saturated heterocycles. The second kappa shape index (κ2) is 7.80. The summed E-state index contributed by atoms with van der Waals surface area (Å²) >= 11 is 0. The molecule has 3 aromatic carbocycles. The highest BCUT2D eigenvalue weighted by Gasteiger charge is 2.63. The minimum atomic E-state index is -1.30. The van der Waals surface area contributed by atoms with Crippen molar-refractivity contribution in [2.75, 3.05) is 28.4 Å². The number of hydrogen-bond acceptors (Lipinski definition) is 6. The largest absolute Gasteiger partial charge is 0.493 e. The van der Waals surface area contributed by atoms with E-state index in [9.17, 15) is 10.5 Å². The van der Waals surface area contributed by atoms with Crippen LogP contribution in [0.5, 0.6) is 17.2 Å². The van der Waals surface area contributed by atoms with Gasteiger partial charge >= 0.3 is 0 Å². The van der Waals surface area contributed by atoms with Gasteiger partial charge in [0.05, 0.1) is 45.0 Å². The number of hydrogen-bond donors (Lipinski definition) is 0. The van der Waals surface area contributed by atoms with Gasteiger partial charge in [0.25, 0.3) is 0 Å². The van der Waals surface area contributed by atoms with Crippen LogP contribution in [0.1, 0.15) is 29.2 Å². The summed E-state index contributed by atoms with van der Waals surface area (Å²) in [6.45, 7) is 0. The molecule has 5 rings (SSSR count). The van der Waals surface area contributed by atoms with Crippen molar-refractivity contribution in [2.45, 2.75) is 18.0 Å². The summed E-state index contributed by atoms with van der Waals surface area (Å²) in [6.07, 6.45) is 0.346. The van der Waals surface area contributed by atoms with Crippen molar-refractivity contribution in [1.29, 1.82) is 10.5 Å². The lowest BCUT2D eigenvalue weighted by molar-refractivity contribution is 0.167. The number of ether oxygens (including phenoxy) is 3. The number of methoxy groups -OCH3 is 3. The third-order valence-corrected chi connectivity index (χ3v) is 7.43. The Kier molecular flexibility index (Phi) is 5.01. The van der Waals surface area contributed by atoms with Gasteiger partial charge < -0.3 is 14.2 Å². The van der Waals surface area contributed by atoms with E-state index in [1.54, 1.807) is 21.3 Å². The second-order valence-electron chi connectivity index (χ2n) is 8.80. The van der Waals surface area contributed by atoms with Gasteiger partial charge in [-0.25, -0.2) is 0 Å². The maximum Gasteiger partial charge on any atom is 0.203 e. The van der Waals surface area contributed by atoms with Crippen molar-refractivity contribution in [3.63, 3.8) is 0 Å². The summed E-state index contributed by atoms with van der Waals surface area (Å²) in [5.41, 5.74) is 3.35. The quantitative estimate of drug-likeness (QED) is 0.553. The molecule has 1 aliphatic carbocycles. The average Bonchev–Trinajstić information content (AvgIpc) is 3.33. The summed E-state index contributed by atoms with van der Waals surface area (Å²) in [7, 11) is 6.68. The normalized spacial score (nSPS) is 19.1. The van der Waals surface area contributed by atoms with Crippen LogP contribution in [0, 0.1) is 28.1 Å². The number of rotatable bonds is 4. The number of nitrogens with zero attached hydrogens (tertiary/aromatic N) is 3. The fraction of sp³-hybridized carbons (Fsp3) is 0.286. The zero-order valence-corrected chi connectivity index (χ0v) is 19.6. The fourth-order valence-corrected chi connectivity index (χ4v) is 6.04. The zero-order chi connectivity index (χ0) is 24.1. The molecule has 2 aliphatic rings. The van der Waals surface area contributed by atoms with Crippen LogP contribution >= 0.6 is 0 Å². The van der Waals surface area contributed by atoms with Crippen LogP contribution in [0.25, 0.3) is 11.1 Å². The van der Waals surface area contributed by atoms with Gasteiger partial charge in [-0.2, -0.15) is 10.5 Å². The smallest absolute Gasteiger partial charge is 0.203 e. The second-order valence-corrected chi connectivity index (χ2v) is 8.80. The first kappa shape index (κ1) is 21.8.